The first kappa shape index (κ1) is 23.8. The highest BCUT2D eigenvalue weighted by atomic mass is 32.2. The second-order valence-electron chi connectivity index (χ2n) is 8.15. The van der Waals surface area contributed by atoms with E-state index >= 15 is 0 Å². The van der Waals surface area contributed by atoms with E-state index in [9.17, 15) is 13.5 Å². The Bertz CT molecular complexity index is 811. The molecule has 13 heteroatoms. The molecular weight excluding hydrogens is 368 g/mol. The van der Waals surface area contributed by atoms with Gasteiger partial charge < -0.3 is 14.4 Å². The smallest absolute Gasteiger partial charge is 0.408 e. The lowest BCUT2D eigenvalue weighted by Gasteiger charge is -2.52. The van der Waals surface area contributed by atoms with Crippen molar-refractivity contribution >= 4 is 69.5 Å². The lowest BCUT2D eigenvalue weighted by Crippen LogP contribution is -2.67. The van der Waals surface area contributed by atoms with Gasteiger partial charge >= 0.3 is 7.12 Å². The summed E-state index contributed by atoms with van der Waals surface area (Å²) in [7, 11) is 27.6. The maximum Gasteiger partial charge on any atom is 0.494 e. The molecule has 1 unspecified atom stereocenters. The van der Waals surface area contributed by atoms with Gasteiger partial charge in [-0.3, -0.25) is 0 Å². The van der Waals surface area contributed by atoms with Gasteiger partial charge in [-0.2, -0.15) is 0 Å². The Labute approximate surface area is 175 Å². The maximum atomic E-state index is 13.0. The number of rotatable bonds is 5. The van der Waals surface area contributed by atoms with E-state index in [0.29, 0.717) is 5.46 Å². The van der Waals surface area contributed by atoms with Crippen molar-refractivity contribution in [2.75, 3.05) is 0 Å². The Balaban J connectivity index is 2.45. The van der Waals surface area contributed by atoms with Gasteiger partial charge in [-0.15, -0.1) is 5.11 Å². The molecule has 1 heterocycles. The monoisotopic (exact) mass is 386 g/mol. The summed E-state index contributed by atoms with van der Waals surface area (Å²) < 4.78 is 34.9. The van der Waals surface area contributed by atoms with E-state index in [1.54, 1.807) is 0 Å². The van der Waals surface area contributed by atoms with Crippen LogP contribution in [0.5, 0.6) is 0 Å². The van der Waals surface area contributed by atoms with Crippen molar-refractivity contribution < 1.29 is 22.8 Å². The Morgan fingerprint density at radius 2 is 1.29 bits per heavy atom. The zero-order valence-corrected chi connectivity index (χ0v) is 17.2. The molecule has 0 bridgehead atoms. The first-order chi connectivity index (χ1) is 12.3. The molecule has 5 nitrogen and oxygen atoms in total. The van der Waals surface area contributed by atoms with E-state index in [0.717, 1.165) is 0 Å². The molecule has 1 aromatic carbocycles. The predicted octanol–water partition coefficient (Wildman–Crippen LogP) is -1.81. The van der Waals surface area contributed by atoms with Crippen LogP contribution in [0.3, 0.4) is 0 Å². The second-order valence-corrected chi connectivity index (χ2v) is 10.3. The fourth-order valence-corrected chi connectivity index (χ4v) is 4.53. The Hall–Kier alpha value is -0.495. The van der Waals surface area contributed by atoms with Gasteiger partial charge in [0.25, 0.3) is 0 Å². The topological polar surface area (TPSA) is 72.8 Å². The lowest BCUT2D eigenvalue weighted by molar-refractivity contribution is 0.00578. The van der Waals surface area contributed by atoms with Gasteiger partial charge in [0.05, 0.1) is 63.2 Å². The van der Waals surface area contributed by atoms with Crippen molar-refractivity contribution in [2.24, 2.45) is 0 Å². The van der Waals surface area contributed by atoms with Gasteiger partial charge in [-0.05, 0) is 50.7 Å². The standard InChI is InChI=1S/C15H17B7O5S/c1-11(2)12(3,4)27-22(26-11)9-5-7-10(8-6-9)28(24,25)13(16,14(17,18)19)15(20,21)23/h5-8,23H,1-4H3. The van der Waals surface area contributed by atoms with Crippen LogP contribution in [0.4, 0.5) is 0 Å². The molecule has 1 saturated heterocycles. The molecule has 1 fully saturated rings. The molecule has 0 aliphatic carbocycles. The fraction of sp³-hybridized carbons (Fsp3) is 0.600. The third-order valence-corrected chi connectivity index (χ3v) is 7.80. The summed E-state index contributed by atoms with van der Waals surface area (Å²) in [5, 5.41) is 4.29. The van der Waals surface area contributed by atoms with Crippen molar-refractivity contribution in [3.63, 3.8) is 0 Å². The van der Waals surface area contributed by atoms with Crippen LogP contribution in [0.15, 0.2) is 29.2 Å². The zero-order chi connectivity index (χ0) is 22.0. The summed E-state index contributed by atoms with van der Waals surface area (Å²) in [5.41, 5.74) is -0.568. The summed E-state index contributed by atoms with van der Waals surface area (Å²) in [5.74, 6) is 0. The minimum absolute atomic E-state index is 0.352. The third kappa shape index (κ3) is 3.57. The van der Waals surface area contributed by atoms with E-state index < -0.39 is 43.3 Å². The number of hydrogen-bond donors (Lipinski definition) is 1. The van der Waals surface area contributed by atoms with E-state index in [1.165, 1.54) is 24.3 Å². The fourth-order valence-electron chi connectivity index (χ4n) is 2.76. The van der Waals surface area contributed by atoms with Crippen LogP contribution in [-0.4, -0.2) is 89.0 Å². The van der Waals surface area contributed by atoms with Crippen molar-refractivity contribution in [1.82, 2.24) is 0 Å². The Morgan fingerprint density at radius 3 is 1.61 bits per heavy atom. The van der Waals surface area contributed by atoms with Crippen molar-refractivity contribution in [2.45, 2.75) is 59.0 Å². The summed E-state index contributed by atoms with van der Waals surface area (Å²) in [6.45, 7) is 7.56. The average molecular weight is 385 g/mol. The highest BCUT2D eigenvalue weighted by Gasteiger charge is 2.55. The molecule has 0 amide bonds. The molecule has 1 atom stereocenters. The molecule has 0 aromatic heterocycles. The molecule has 0 spiro atoms. The Morgan fingerprint density at radius 1 is 0.893 bits per heavy atom. The molecular formula is C15H17B7O5S. The normalized spacial score (nSPS) is 22.0. The van der Waals surface area contributed by atoms with Crippen LogP contribution in [-0.2, 0) is 19.1 Å². The van der Waals surface area contributed by atoms with Crippen LogP contribution in [0, 0.1) is 0 Å². The van der Waals surface area contributed by atoms with Gasteiger partial charge in [-0.25, -0.2) is 8.42 Å². The van der Waals surface area contributed by atoms with Crippen LogP contribution < -0.4 is 5.46 Å². The van der Waals surface area contributed by atoms with Gasteiger partial charge in [0.1, 0.15) is 0 Å². The predicted molar refractivity (Wildman–Crippen MR) is 114 cm³/mol. The quantitative estimate of drug-likeness (QED) is 0.605. The molecule has 1 N–H and O–H groups in total. The molecule has 12 radical (unpaired) electrons. The van der Waals surface area contributed by atoms with Crippen LogP contribution in [0.1, 0.15) is 27.7 Å². The molecule has 0 saturated carbocycles. The van der Waals surface area contributed by atoms with Gasteiger partial charge in [0.15, 0.2) is 9.84 Å². The van der Waals surface area contributed by atoms with E-state index in [4.69, 9.17) is 56.4 Å². The molecule has 28 heavy (non-hydrogen) atoms. The minimum atomic E-state index is -4.68. The number of aliphatic hydroxyl groups is 1. The highest BCUT2D eigenvalue weighted by Crippen LogP contribution is 2.43. The number of sulfone groups is 1. The van der Waals surface area contributed by atoms with Crippen molar-refractivity contribution in [1.29, 1.82) is 0 Å². The third-order valence-electron chi connectivity index (χ3n) is 5.38. The van der Waals surface area contributed by atoms with Crippen molar-refractivity contribution in [3.05, 3.63) is 24.3 Å². The molecule has 1 aliphatic heterocycles. The summed E-state index contributed by atoms with van der Waals surface area (Å²) in [6.07, 6.45) is 0. The summed E-state index contributed by atoms with van der Waals surface area (Å²) in [4.78, 5) is -0.352. The lowest BCUT2D eigenvalue weighted by atomic mass is 9.27. The minimum Gasteiger partial charge on any atom is -0.408 e. The highest BCUT2D eigenvalue weighted by molar-refractivity contribution is 7.94. The van der Waals surface area contributed by atoms with Crippen LogP contribution in [0.25, 0.3) is 0 Å². The summed E-state index contributed by atoms with van der Waals surface area (Å²) in [6, 6.07) is 5.36. The van der Waals surface area contributed by atoms with Crippen LogP contribution >= 0.6 is 0 Å². The van der Waals surface area contributed by atoms with Gasteiger partial charge in [0.2, 0.25) is 0 Å². The van der Waals surface area contributed by atoms with Gasteiger partial charge in [-0.1, -0.05) is 12.1 Å². The van der Waals surface area contributed by atoms with E-state index in [1.807, 2.05) is 27.7 Å². The van der Waals surface area contributed by atoms with E-state index in [2.05, 4.69) is 0 Å². The molecule has 1 aliphatic rings. The Kier molecular flexibility index (Phi) is 5.74. The molecule has 2 rings (SSSR count). The molecule has 1 aromatic rings. The first-order valence-corrected chi connectivity index (χ1v) is 9.92. The molecule has 134 valence electrons. The average Bonchev–Trinajstić information content (AvgIpc) is 2.72. The maximum absolute atomic E-state index is 13.0. The SMILES string of the molecule is [B]C([B])([B])C([B])(C([B])([B])O)S(=O)(=O)c1ccc(B2OC(C)(C)C(C)(C)O2)cc1. The van der Waals surface area contributed by atoms with Crippen LogP contribution in [0.2, 0.25) is 5.11 Å². The zero-order valence-electron chi connectivity index (χ0n) is 16.3. The summed E-state index contributed by atoms with van der Waals surface area (Å²) >= 11 is 0. The number of benzene rings is 1. The van der Waals surface area contributed by atoms with Crippen molar-refractivity contribution in [3.8, 4) is 0 Å². The number of hydrogen-bond acceptors (Lipinski definition) is 5. The van der Waals surface area contributed by atoms with E-state index in [-0.39, 0.29) is 4.90 Å². The van der Waals surface area contributed by atoms with Gasteiger partial charge in [0, 0.05) is 4.65 Å². The first-order valence-electron chi connectivity index (χ1n) is 8.44. The second kappa shape index (κ2) is 6.76. The largest absolute Gasteiger partial charge is 0.494 e.